The van der Waals surface area contributed by atoms with Crippen LogP contribution in [0.3, 0.4) is 0 Å². The van der Waals surface area contributed by atoms with E-state index in [2.05, 4.69) is 0 Å². The van der Waals surface area contributed by atoms with Gasteiger partial charge in [-0.1, -0.05) is 0 Å². The molecule has 1 fully saturated rings. The second-order valence-corrected chi connectivity index (χ2v) is 6.38. The van der Waals surface area contributed by atoms with Crippen molar-refractivity contribution >= 4 is 23.6 Å². The van der Waals surface area contributed by atoms with Crippen LogP contribution in [0.25, 0.3) is 0 Å². The lowest BCUT2D eigenvalue weighted by atomic mass is 10.1. The van der Waals surface area contributed by atoms with Gasteiger partial charge in [0.15, 0.2) is 0 Å². The van der Waals surface area contributed by atoms with Crippen molar-refractivity contribution in [1.29, 1.82) is 0 Å². The Labute approximate surface area is 101 Å². The van der Waals surface area contributed by atoms with Crippen molar-refractivity contribution in [3.8, 4) is 0 Å². The Balaban J connectivity index is 2.59. The SMILES string of the molecule is CC(C)N1C(=O)CC(SCC(C)(C)N)C1=O. The second-order valence-electron chi connectivity index (χ2n) is 5.19. The third-order valence-corrected chi connectivity index (χ3v) is 4.00. The monoisotopic (exact) mass is 244 g/mol. The fraction of sp³-hybridized carbons (Fsp3) is 0.818. The van der Waals surface area contributed by atoms with E-state index in [1.807, 2.05) is 27.7 Å². The van der Waals surface area contributed by atoms with Crippen LogP contribution in [0.4, 0.5) is 0 Å². The Kier molecular flexibility index (Phi) is 4.02. The normalized spacial score (nSPS) is 22.4. The minimum atomic E-state index is -0.306. The summed E-state index contributed by atoms with van der Waals surface area (Å²) < 4.78 is 0. The van der Waals surface area contributed by atoms with Crippen LogP contribution in [-0.4, -0.2) is 39.3 Å². The molecule has 0 radical (unpaired) electrons. The first-order valence-corrected chi connectivity index (χ1v) is 6.53. The van der Waals surface area contributed by atoms with Crippen molar-refractivity contribution in [3.63, 3.8) is 0 Å². The fourth-order valence-electron chi connectivity index (χ4n) is 1.61. The Bertz CT molecular complexity index is 297. The van der Waals surface area contributed by atoms with E-state index in [9.17, 15) is 9.59 Å². The molecule has 1 heterocycles. The summed E-state index contributed by atoms with van der Waals surface area (Å²) in [6, 6.07) is -0.0449. The van der Waals surface area contributed by atoms with Crippen LogP contribution in [0.15, 0.2) is 0 Å². The van der Waals surface area contributed by atoms with Gasteiger partial charge >= 0.3 is 0 Å². The van der Waals surface area contributed by atoms with E-state index >= 15 is 0 Å². The zero-order valence-corrected chi connectivity index (χ0v) is 11.1. The molecule has 2 N–H and O–H groups in total. The van der Waals surface area contributed by atoms with Crippen molar-refractivity contribution in [2.75, 3.05) is 5.75 Å². The highest BCUT2D eigenvalue weighted by molar-refractivity contribution is 8.00. The van der Waals surface area contributed by atoms with Gasteiger partial charge in [-0.2, -0.15) is 0 Å². The van der Waals surface area contributed by atoms with E-state index < -0.39 is 0 Å². The van der Waals surface area contributed by atoms with Crippen molar-refractivity contribution in [3.05, 3.63) is 0 Å². The molecule has 0 aromatic carbocycles. The number of likely N-dealkylation sites (tertiary alicyclic amines) is 1. The molecule has 0 aliphatic carbocycles. The number of nitrogens with zero attached hydrogens (tertiary/aromatic N) is 1. The van der Waals surface area contributed by atoms with Gasteiger partial charge in [-0.25, -0.2) is 0 Å². The fourth-order valence-corrected chi connectivity index (χ4v) is 2.76. The Morgan fingerprint density at radius 1 is 1.50 bits per heavy atom. The highest BCUT2D eigenvalue weighted by Gasteiger charge is 2.40. The van der Waals surface area contributed by atoms with E-state index in [4.69, 9.17) is 5.73 Å². The number of rotatable bonds is 4. The first-order valence-electron chi connectivity index (χ1n) is 5.49. The number of carbonyl (C=O) groups is 2. The van der Waals surface area contributed by atoms with Crippen molar-refractivity contribution in [2.24, 2.45) is 5.73 Å². The van der Waals surface area contributed by atoms with Gasteiger partial charge in [-0.15, -0.1) is 11.8 Å². The molecule has 16 heavy (non-hydrogen) atoms. The molecule has 5 heteroatoms. The molecule has 0 saturated carbocycles. The van der Waals surface area contributed by atoms with E-state index in [0.717, 1.165) is 0 Å². The summed E-state index contributed by atoms with van der Waals surface area (Å²) in [7, 11) is 0. The highest BCUT2D eigenvalue weighted by Crippen LogP contribution is 2.28. The van der Waals surface area contributed by atoms with Crippen molar-refractivity contribution in [1.82, 2.24) is 4.90 Å². The third-order valence-electron chi connectivity index (χ3n) is 2.31. The molecular formula is C11H20N2O2S. The van der Waals surface area contributed by atoms with E-state index in [1.165, 1.54) is 16.7 Å². The molecular weight excluding hydrogens is 224 g/mol. The molecule has 1 unspecified atom stereocenters. The number of imide groups is 1. The zero-order chi connectivity index (χ0) is 12.5. The molecule has 1 aliphatic rings. The van der Waals surface area contributed by atoms with Gasteiger partial charge in [0, 0.05) is 23.8 Å². The van der Waals surface area contributed by atoms with Crippen LogP contribution in [0.1, 0.15) is 34.1 Å². The molecule has 0 spiro atoms. The smallest absolute Gasteiger partial charge is 0.243 e. The van der Waals surface area contributed by atoms with Gasteiger partial charge in [0.05, 0.1) is 5.25 Å². The maximum absolute atomic E-state index is 11.9. The average Bonchev–Trinajstić information content (AvgIpc) is 2.36. The van der Waals surface area contributed by atoms with Crippen LogP contribution >= 0.6 is 11.8 Å². The maximum Gasteiger partial charge on any atom is 0.243 e. The molecule has 2 amide bonds. The molecule has 0 bridgehead atoms. The molecule has 4 nitrogen and oxygen atoms in total. The van der Waals surface area contributed by atoms with E-state index in [1.54, 1.807) is 0 Å². The van der Waals surface area contributed by atoms with Gasteiger partial charge in [0.25, 0.3) is 0 Å². The predicted octanol–water partition coefficient (Wildman–Crippen LogP) is 0.993. The summed E-state index contributed by atoms with van der Waals surface area (Å²) in [5.41, 5.74) is 5.55. The molecule has 0 aromatic heterocycles. The summed E-state index contributed by atoms with van der Waals surface area (Å²) in [5, 5.41) is -0.238. The number of hydrogen-bond donors (Lipinski definition) is 1. The van der Waals surface area contributed by atoms with Crippen LogP contribution in [0.5, 0.6) is 0 Å². The van der Waals surface area contributed by atoms with Crippen molar-refractivity contribution in [2.45, 2.75) is 50.9 Å². The summed E-state index contributed by atoms with van der Waals surface area (Å²) in [6.45, 7) is 7.55. The lowest BCUT2D eigenvalue weighted by Gasteiger charge is -2.21. The van der Waals surface area contributed by atoms with E-state index in [-0.39, 0.29) is 28.6 Å². The molecule has 1 atom stereocenters. The molecule has 0 aromatic rings. The van der Waals surface area contributed by atoms with E-state index in [0.29, 0.717) is 12.2 Å². The van der Waals surface area contributed by atoms with Gasteiger partial charge in [0.2, 0.25) is 11.8 Å². The van der Waals surface area contributed by atoms with Gasteiger partial charge in [0.1, 0.15) is 0 Å². The Morgan fingerprint density at radius 2 is 2.06 bits per heavy atom. The number of hydrogen-bond acceptors (Lipinski definition) is 4. The molecule has 92 valence electrons. The predicted molar refractivity (Wildman–Crippen MR) is 66.1 cm³/mol. The summed E-state index contributed by atoms with van der Waals surface area (Å²) in [6.07, 6.45) is 0.317. The maximum atomic E-state index is 11.9. The summed E-state index contributed by atoms with van der Waals surface area (Å²) in [4.78, 5) is 24.9. The number of nitrogens with two attached hydrogens (primary N) is 1. The van der Waals surface area contributed by atoms with Gasteiger partial charge in [-0.05, 0) is 27.7 Å². The van der Waals surface area contributed by atoms with Crippen molar-refractivity contribution < 1.29 is 9.59 Å². The number of thioether (sulfide) groups is 1. The van der Waals surface area contributed by atoms with Gasteiger partial charge < -0.3 is 5.73 Å². The lowest BCUT2D eigenvalue weighted by molar-refractivity contribution is -0.140. The topological polar surface area (TPSA) is 63.4 Å². The summed E-state index contributed by atoms with van der Waals surface area (Å²) >= 11 is 1.49. The Hall–Kier alpha value is -0.550. The first-order chi connectivity index (χ1) is 7.22. The van der Waals surface area contributed by atoms with Crippen LogP contribution < -0.4 is 5.73 Å². The van der Waals surface area contributed by atoms with Gasteiger partial charge in [-0.3, -0.25) is 14.5 Å². The minimum absolute atomic E-state index is 0.0449. The van der Waals surface area contributed by atoms with Crippen LogP contribution in [-0.2, 0) is 9.59 Å². The molecule has 1 aliphatic heterocycles. The quantitative estimate of drug-likeness (QED) is 0.749. The zero-order valence-electron chi connectivity index (χ0n) is 10.3. The molecule has 1 saturated heterocycles. The molecule has 1 rings (SSSR count). The second kappa shape index (κ2) is 4.75. The number of amides is 2. The minimum Gasteiger partial charge on any atom is -0.325 e. The first kappa shape index (κ1) is 13.5. The standard InChI is InChI=1S/C11H20N2O2S/c1-7(2)13-9(14)5-8(10(13)15)16-6-11(3,4)12/h7-8H,5-6,12H2,1-4H3. The Morgan fingerprint density at radius 3 is 2.44 bits per heavy atom. The van der Waals surface area contributed by atoms with Crippen LogP contribution in [0.2, 0.25) is 0 Å². The largest absolute Gasteiger partial charge is 0.325 e. The third kappa shape index (κ3) is 3.22. The number of carbonyl (C=O) groups excluding carboxylic acids is 2. The highest BCUT2D eigenvalue weighted by atomic mass is 32.2. The van der Waals surface area contributed by atoms with Crippen LogP contribution in [0, 0.1) is 0 Å². The average molecular weight is 244 g/mol. The lowest BCUT2D eigenvalue weighted by Crippen LogP contribution is -2.38. The summed E-state index contributed by atoms with van der Waals surface area (Å²) in [5.74, 6) is 0.560.